The second-order valence-electron chi connectivity index (χ2n) is 6.20. The van der Waals surface area contributed by atoms with Crippen LogP contribution in [-0.4, -0.2) is 50.9 Å². The van der Waals surface area contributed by atoms with Gasteiger partial charge in [-0.1, -0.05) is 0 Å². The molecule has 9 heteroatoms. The molecule has 0 unspecified atom stereocenters. The minimum absolute atomic E-state index is 0.107. The molecule has 2 aromatic rings. The zero-order valence-electron chi connectivity index (χ0n) is 13.8. The summed E-state index contributed by atoms with van der Waals surface area (Å²) >= 11 is 0. The molecule has 136 valence electrons. The molecule has 0 aliphatic carbocycles. The molecule has 1 atom stereocenters. The molecule has 1 saturated heterocycles. The monoisotopic (exact) mass is 355 g/mol. The quantitative estimate of drug-likeness (QED) is 0.878. The number of piperazine rings is 1. The van der Waals surface area contributed by atoms with Crippen LogP contribution in [0.4, 0.5) is 19.0 Å². The van der Waals surface area contributed by atoms with Gasteiger partial charge in [-0.3, -0.25) is 10.00 Å². The number of pyridine rings is 1. The number of hydrogen-bond donors (Lipinski definition) is 2. The van der Waals surface area contributed by atoms with Crippen molar-refractivity contribution in [2.45, 2.75) is 32.3 Å². The van der Waals surface area contributed by atoms with Gasteiger partial charge in [-0.2, -0.15) is 18.3 Å². The number of nitrogens with zero attached hydrogens (tertiary/aromatic N) is 4. The van der Waals surface area contributed by atoms with E-state index in [1.165, 1.54) is 6.07 Å². The molecule has 0 aromatic carbocycles. The highest BCUT2D eigenvalue weighted by atomic mass is 19.4. The van der Waals surface area contributed by atoms with Crippen molar-refractivity contribution < 1.29 is 18.3 Å². The van der Waals surface area contributed by atoms with E-state index in [1.54, 1.807) is 6.20 Å². The number of hydrogen-bond acceptors (Lipinski definition) is 5. The molecule has 0 saturated carbocycles. The van der Waals surface area contributed by atoms with E-state index in [9.17, 15) is 18.3 Å². The number of rotatable bonds is 4. The highest BCUT2D eigenvalue weighted by Gasteiger charge is 2.31. The lowest BCUT2D eigenvalue weighted by Crippen LogP contribution is -2.51. The van der Waals surface area contributed by atoms with Gasteiger partial charge in [0.1, 0.15) is 5.82 Å². The molecule has 6 nitrogen and oxygen atoms in total. The Morgan fingerprint density at radius 2 is 2.12 bits per heavy atom. The van der Waals surface area contributed by atoms with E-state index in [-0.39, 0.29) is 12.6 Å². The molecule has 2 aromatic heterocycles. The molecule has 1 aliphatic heterocycles. The number of nitrogens with one attached hydrogen (secondary N) is 1. The van der Waals surface area contributed by atoms with Crippen LogP contribution in [0.3, 0.4) is 0 Å². The third-order valence-corrected chi connectivity index (χ3v) is 4.43. The maximum absolute atomic E-state index is 12.6. The number of alkyl halides is 3. The summed E-state index contributed by atoms with van der Waals surface area (Å²) < 4.78 is 37.9. The van der Waals surface area contributed by atoms with Crippen LogP contribution in [0, 0.1) is 0 Å². The Bertz CT molecular complexity index is 701. The summed E-state index contributed by atoms with van der Waals surface area (Å²) in [6.07, 6.45) is -1.71. The number of aliphatic hydroxyl groups is 1. The number of aliphatic hydroxyl groups excluding tert-OH is 1. The van der Waals surface area contributed by atoms with Gasteiger partial charge in [0.15, 0.2) is 0 Å². The average Bonchev–Trinajstić information content (AvgIpc) is 3.01. The van der Waals surface area contributed by atoms with Crippen LogP contribution < -0.4 is 4.90 Å². The fraction of sp³-hybridized carbons (Fsp3) is 0.500. The van der Waals surface area contributed by atoms with E-state index >= 15 is 0 Å². The predicted octanol–water partition coefficient (Wildman–Crippen LogP) is 2.03. The molecule has 0 radical (unpaired) electrons. The first kappa shape index (κ1) is 17.7. The maximum Gasteiger partial charge on any atom is 0.417 e. The van der Waals surface area contributed by atoms with Crippen molar-refractivity contribution in [3.8, 4) is 0 Å². The molecule has 1 aliphatic rings. The fourth-order valence-corrected chi connectivity index (χ4v) is 3.10. The molecule has 3 heterocycles. The first-order chi connectivity index (χ1) is 11.9. The van der Waals surface area contributed by atoms with Crippen LogP contribution in [0.25, 0.3) is 0 Å². The van der Waals surface area contributed by atoms with Gasteiger partial charge in [-0.15, -0.1) is 0 Å². The molecule has 0 amide bonds. The van der Waals surface area contributed by atoms with E-state index in [4.69, 9.17) is 0 Å². The SMILES string of the molecule is C[C@@H]1CN(Cc2c[nH]nc2CO)CCN1c1ccc(C(F)(F)F)cn1. The first-order valence-corrected chi connectivity index (χ1v) is 8.03. The maximum atomic E-state index is 12.6. The zero-order valence-corrected chi connectivity index (χ0v) is 13.8. The van der Waals surface area contributed by atoms with Crippen LogP contribution in [0.1, 0.15) is 23.7 Å². The van der Waals surface area contributed by atoms with Crippen LogP contribution in [0.5, 0.6) is 0 Å². The summed E-state index contributed by atoms with van der Waals surface area (Å²) in [5.74, 6) is 0.555. The highest BCUT2D eigenvalue weighted by molar-refractivity contribution is 5.41. The fourth-order valence-electron chi connectivity index (χ4n) is 3.10. The van der Waals surface area contributed by atoms with Crippen molar-refractivity contribution in [2.24, 2.45) is 0 Å². The Morgan fingerprint density at radius 1 is 1.32 bits per heavy atom. The number of anilines is 1. The van der Waals surface area contributed by atoms with Crippen molar-refractivity contribution in [2.75, 3.05) is 24.5 Å². The summed E-state index contributed by atoms with van der Waals surface area (Å²) in [6, 6.07) is 2.61. The number of halogens is 3. The minimum Gasteiger partial charge on any atom is -0.390 e. The van der Waals surface area contributed by atoms with Crippen molar-refractivity contribution >= 4 is 5.82 Å². The summed E-state index contributed by atoms with van der Waals surface area (Å²) in [5, 5.41) is 16.0. The molecule has 2 N–H and O–H groups in total. The van der Waals surface area contributed by atoms with Crippen LogP contribution in [0.2, 0.25) is 0 Å². The van der Waals surface area contributed by atoms with Gasteiger partial charge in [0.2, 0.25) is 0 Å². The second kappa shape index (κ2) is 7.01. The van der Waals surface area contributed by atoms with Gasteiger partial charge in [-0.05, 0) is 19.1 Å². The Morgan fingerprint density at radius 3 is 2.72 bits per heavy atom. The number of H-pyrrole nitrogens is 1. The largest absolute Gasteiger partial charge is 0.417 e. The summed E-state index contributed by atoms with van der Waals surface area (Å²) in [4.78, 5) is 8.23. The lowest BCUT2D eigenvalue weighted by Gasteiger charge is -2.40. The molecule has 1 fully saturated rings. The smallest absolute Gasteiger partial charge is 0.390 e. The molecule has 25 heavy (non-hydrogen) atoms. The minimum atomic E-state index is -4.37. The Balaban J connectivity index is 1.64. The molecular weight excluding hydrogens is 335 g/mol. The third kappa shape index (κ3) is 3.93. The normalized spacial score (nSPS) is 19.4. The van der Waals surface area contributed by atoms with E-state index in [2.05, 4.69) is 20.1 Å². The average molecular weight is 355 g/mol. The van der Waals surface area contributed by atoms with Gasteiger partial charge >= 0.3 is 6.18 Å². The van der Waals surface area contributed by atoms with E-state index in [0.717, 1.165) is 30.9 Å². The zero-order chi connectivity index (χ0) is 18.0. The molecular formula is C16H20F3N5O. The van der Waals surface area contributed by atoms with Gasteiger partial charge < -0.3 is 10.0 Å². The summed E-state index contributed by atoms with van der Waals surface area (Å²) in [6.45, 7) is 4.76. The van der Waals surface area contributed by atoms with Crippen LogP contribution in [0.15, 0.2) is 24.5 Å². The van der Waals surface area contributed by atoms with Gasteiger partial charge in [0, 0.05) is 50.2 Å². The standard InChI is InChI=1S/C16H20F3N5O/c1-11-8-23(9-12-6-21-22-14(12)10-25)4-5-24(11)15-3-2-13(7-20-15)16(17,18)19/h2-3,6-7,11,25H,4-5,8-10H2,1H3,(H,21,22)/t11-/m1/s1. The van der Waals surface area contributed by atoms with Crippen LogP contribution in [-0.2, 0) is 19.3 Å². The topological polar surface area (TPSA) is 68.3 Å². The lowest BCUT2D eigenvalue weighted by atomic mass is 10.1. The molecule has 3 rings (SSSR count). The van der Waals surface area contributed by atoms with Gasteiger partial charge in [-0.25, -0.2) is 4.98 Å². The number of aromatic nitrogens is 3. The lowest BCUT2D eigenvalue weighted by molar-refractivity contribution is -0.137. The van der Waals surface area contributed by atoms with Crippen molar-refractivity contribution in [1.82, 2.24) is 20.1 Å². The molecule has 0 bridgehead atoms. The Kier molecular flexibility index (Phi) is 4.96. The predicted molar refractivity (Wildman–Crippen MR) is 85.8 cm³/mol. The van der Waals surface area contributed by atoms with E-state index < -0.39 is 11.7 Å². The van der Waals surface area contributed by atoms with E-state index in [1.807, 2.05) is 11.8 Å². The number of aromatic amines is 1. The van der Waals surface area contributed by atoms with Crippen molar-refractivity contribution in [3.63, 3.8) is 0 Å². The van der Waals surface area contributed by atoms with Crippen molar-refractivity contribution in [1.29, 1.82) is 0 Å². The first-order valence-electron chi connectivity index (χ1n) is 8.03. The van der Waals surface area contributed by atoms with E-state index in [0.29, 0.717) is 24.6 Å². The summed E-state index contributed by atoms with van der Waals surface area (Å²) in [5.41, 5.74) is 0.856. The molecule has 0 spiro atoms. The van der Waals surface area contributed by atoms with Crippen molar-refractivity contribution in [3.05, 3.63) is 41.3 Å². The Hall–Kier alpha value is -2.13. The van der Waals surface area contributed by atoms with Gasteiger partial charge in [0.25, 0.3) is 0 Å². The van der Waals surface area contributed by atoms with Gasteiger partial charge in [0.05, 0.1) is 17.9 Å². The Labute approximate surface area is 143 Å². The summed E-state index contributed by atoms with van der Waals surface area (Å²) in [7, 11) is 0. The second-order valence-corrected chi connectivity index (χ2v) is 6.20. The van der Waals surface area contributed by atoms with Crippen LogP contribution >= 0.6 is 0 Å². The highest BCUT2D eigenvalue weighted by Crippen LogP contribution is 2.30. The third-order valence-electron chi connectivity index (χ3n) is 4.43.